The molecule has 0 aliphatic carbocycles. The first-order chi connectivity index (χ1) is 10.1. The summed E-state index contributed by atoms with van der Waals surface area (Å²) in [6.07, 6.45) is 1.63. The SMILES string of the molecule is CCNC(Cc1ccccc1C)Cc1cc(F)ccc1Cl. The number of hydrogen-bond donors (Lipinski definition) is 1. The molecule has 1 N–H and O–H groups in total. The number of nitrogens with one attached hydrogen (secondary N) is 1. The normalized spacial score (nSPS) is 12.4. The van der Waals surface area contributed by atoms with Gasteiger partial charge in [-0.3, -0.25) is 0 Å². The van der Waals surface area contributed by atoms with Gasteiger partial charge in [0.1, 0.15) is 5.82 Å². The van der Waals surface area contributed by atoms with E-state index < -0.39 is 0 Å². The van der Waals surface area contributed by atoms with Crippen molar-refractivity contribution >= 4 is 11.6 Å². The molecule has 0 amide bonds. The van der Waals surface area contributed by atoms with Crippen LogP contribution in [0, 0.1) is 12.7 Å². The summed E-state index contributed by atoms with van der Waals surface area (Å²) in [6, 6.07) is 13.2. The van der Waals surface area contributed by atoms with Crippen LogP contribution in [0.1, 0.15) is 23.6 Å². The van der Waals surface area contributed by atoms with Gasteiger partial charge in [0.15, 0.2) is 0 Å². The molecule has 3 heteroatoms. The fourth-order valence-electron chi connectivity index (χ4n) is 2.57. The Balaban J connectivity index is 2.16. The van der Waals surface area contributed by atoms with Crippen molar-refractivity contribution in [2.75, 3.05) is 6.54 Å². The lowest BCUT2D eigenvalue weighted by Gasteiger charge is -2.20. The summed E-state index contributed by atoms with van der Waals surface area (Å²) in [5.41, 5.74) is 3.46. The van der Waals surface area contributed by atoms with Crippen LogP contribution in [0.15, 0.2) is 42.5 Å². The molecule has 21 heavy (non-hydrogen) atoms. The van der Waals surface area contributed by atoms with Crippen LogP contribution in [0.3, 0.4) is 0 Å². The van der Waals surface area contributed by atoms with E-state index in [1.54, 1.807) is 6.07 Å². The smallest absolute Gasteiger partial charge is 0.123 e. The molecule has 0 heterocycles. The second kappa shape index (κ2) is 7.58. The lowest BCUT2D eigenvalue weighted by Crippen LogP contribution is -2.33. The van der Waals surface area contributed by atoms with Crippen molar-refractivity contribution < 1.29 is 4.39 Å². The molecular formula is C18H21ClFN. The van der Waals surface area contributed by atoms with Gasteiger partial charge in [-0.15, -0.1) is 0 Å². The summed E-state index contributed by atoms with van der Waals surface area (Å²) < 4.78 is 13.4. The zero-order valence-corrected chi connectivity index (χ0v) is 13.3. The maximum atomic E-state index is 13.4. The second-order valence-corrected chi connectivity index (χ2v) is 5.73. The van der Waals surface area contributed by atoms with Gasteiger partial charge in [0.25, 0.3) is 0 Å². The van der Waals surface area contributed by atoms with E-state index in [-0.39, 0.29) is 11.9 Å². The van der Waals surface area contributed by atoms with E-state index in [4.69, 9.17) is 11.6 Å². The molecule has 0 aromatic heterocycles. The number of hydrogen-bond acceptors (Lipinski definition) is 1. The summed E-state index contributed by atoms with van der Waals surface area (Å²) in [5.74, 6) is -0.236. The van der Waals surface area contributed by atoms with Crippen LogP contribution in [0.5, 0.6) is 0 Å². The van der Waals surface area contributed by atoms with Crippen molar-refractivity contribution in [3.05, 3.63) is 70.0 Å². The van der Waals surface area contributed by atoms with Gasteiger partial charge >= 0.3 is 0 Å². The van der Waals surface area contributed by atoms with Gasteiger partial charge in [0.2, 0.25) is 0 Å². The van der Waals surface area contributed by atoms with Gasteiger partial charge < -0.3 is 5.32 Å². The number of rotatable bonds is 6. The van der Waals surface area contributed by atoms with Gasteiger partial charge in [0.05, 0.1) is 0 Å². The molecule has 0 aliphatic heterocycles. The average molecular weight is 306 g/mol. The van der Waals surface area contributed by atoms with Crippen LogP contribution in [-0.4, -0.2) is 12.6 Å². The molecule has 0 fully saturated rings. The monoisotopic (exact) mass is 305 g/mol. The van der Waals surface area contributed by atoms with Crippen molar-refractivity contribution in [1.29, 1.82) is 0 Å². The van der Waals surface area contributed by atoms with Crippen LogP contribution >= 0.6 is 11.6 Å². The lowest BCUT2D eigenvalue weighted by atomic mass is 9.96. The average Bonchev–Trinajstić information content (AvgIpc) is 2.45. The Hall–Kier alpha value is -1.38. The molecule has 112 valence electrons. The molecule has 1 unspecified atom stereocenters. The molecule has 0 spiro atoms. The third-order valence-corrected chi connectivity index (χ3v) is 4.06. The highest BCUT2D eigenvalue weighted by molar-refractivity contribution is 6.31. The van der Waals surface area contributed by atoms with E-state index in [0.717, 1.165) is 24.9 Å². The summed E-state index contributed by atoms with van der Waals surface area (Å²) in [7, 11) is 0. The molecule has 0 radical (unpaired) electrons. The summed E-state index contributed by atoms with van der Waals surface area (Å²) in [5, 5.41) is 4.10. The number of halogens is 2. The van der Waals surface area contributed by atoms with Crippen LogP contribution < -0.4 is 5.32 Å². The first-order valence-corrected chi connectivity index (χ1v) is 7.69. The van der Waals surface area contributed by atoms with E-state index in [1.165, 1.54) is 23.3 Å². The van der Waals surface area contributed by atoms with Gasteiger partial charge in [-0.05, 0) is 61.2 Å². The van der Waals surface area contributed by atoms with Gasteiger partial charge in [-0.25, -0.2) is 4.39 Å². The molecule has 0 saturated carbocycles. The minimum Gasteiger partial charge on any atom is -0.314 e. The molecule has 0 aliphatic rings. The first kappa shape index (κ1) is 16.0. The van der Waals surface area contributed by atoms with Crippen molar-refractivity contribution in [3.8, 4) is 0 Å². The Morgan fingerprint density at radius 2 is 1.81 bits per heavy atom. The Morgan fingerprint density at radius 1 is 1.10 bits per heavy atom. The quantitative estimate of drug-likeness (QED) is 0.825. The fraction of sp³-hybridized carbons (Fsp3) is 0.333. The maximum absolute atomic E-state index is 13.4. The number of benzene rings is 2. The van der Waals surface area contributed by atoms with Crippen molar-refractivity contribution in [2.24, 2.45) is 0 Å². The van der Waals surface area contributed by atoms with Gasteiger partial charge in [-0.2, -0.15) is 0 Å². The van der Waals surface area contributed by atoms with Gasteiger partial charge in [0, 0.05) is 11.1 Å². The third kappa shape index (κ3) is 4.55. The summed E-state index contributed by atoms with van der Waals surface area (Å²) in [4.78, 5) is 0. The van der Waals surface area contributed by atoms with Crippen molar-refractivity contribution in [2.45, 2.75) is 32.7 Å². The highest BCUT2D eigenvalue weighted by Crippen LogP contribution is 2.20. The lowest BCUT2D eigenvalue weighted by molar-refractivity contribution is 0.518. The maximum Gasteiger partial charge on any atom is 0.123 e. The van der Waals surface area contributed by atoms with Crippen LogP contribution in [-0.2, 0) is 12.8 Å². The molecule has 1 atom stereocenters. The minimum atomic E-state index is -0.236. The Bertz CT molecular complexity index is 598. The first-order valence-electron chi connectivity index (χ1n) is 7.32. The fourth-order valence-corrected chi connectivity index (χ4v) is 2.77. The topological polar surface area (TPSA) is 12.0 Å². The zero-order valence-electron chi connectivity index (χ0n) is 12.5. The Kier molecular flexibility index (Phi) is 5.77. The molecular weight excluding hydrogens is 285 g/mol. The molecule has 2 rings (SSSR count). The standard InChI is InChI=1S/C18H21ClFN/c1-3-21-17(11-14-7-5-4-6-13(14)2)12-15-10-16(20)8-9-18(15)19/h4-10,17,21H,3,11-12H2,1-2H3. The third-order valence-electron chi connectivity index (χ3n) is 3.69. The number of aryl methyl sites for hydroxylation is 1. The summed E-state index contributed by atoms with van der Waals surface area (Å²) >= 11 is 6.18. The van der Waals surface area contributed by atoms with Crippen LogP contribution in [0.2, 0.25) is 5.02 Å². The molecule has 0 saturated heterocycles. The highest BCUT2D eigenvalue weighted by Gasteiger charge is 2.13. The van der Waals surface area contributed by atoms with E-state index in [2.05, 4.69) is 37.4 Å². The van der Waals surface area contributed by atoms with E-state index in [0.29, 0.717) is 5.02 Å². The van der Waals surface area contributed by atoms with Crippen LogP contribution in [0.4, 0.5) is 4.39 Å². The largest absolute Gasteiger partial charge is 0.314 e. The van der Waals surface area contributed by atoms with Crippen molar-refractivity contribution in [1.82, 2.24) is 5.32 Å². The van der Waals surface area contributed by atoms with E-state index >= 15 is 0 Å². The predicted octanol–water partition coefficient (Wildman–Crippen LogP) is 4.55. The zero-order chi connectivity index (χ0) is 15.2. The highest BCUT2D eigenvalue weighted by atomic mass is 35.5. The van der Waals surface area contributed by atoms with E-state index in [9.17, 15) is 4.39 Å². The summed E-state index contributed by atoms with van der Waals surface area (Å²) in [6.45, 7) is 5.08. The molecule has 2 aromatic rings. The number of likely N-dealkylation sites (N-methyl/N-ethyl adjacent to an activating group) is 1. The Morgan fingerprint density at radius 3 is 2.52 bits per heavy atom. The predicted molar refractivity (Wildman–Crippen MR) is 87.5 cm³/mol. The second-order valence-electron chi connectivity index (χ2n) is 5.33. The Labute approximate surface area is 131 Å². The van der Waals surface area contributed by atoms with Crippen molar-refractivity contribution in [3.63, 3.8) is 0 Å². The van der Waals surface area contributed by atoms with Gasteiger partial charge in [-0.1, -0.05) is 42.8 Å². The van der Waals surface area contributed by atoms with E-state index in [1.807, 2.05) is 6.07 Å². The molecule has 0 bridgehead atoms. The minimum absolute atomic E-state index is 0.236. The van der Waals surface area contributed by atoms with Crippen LogP contribution in [0.25, 0.3) is 0 Å². The molecule has 1 nitrogen and oxygen atoms in total. The molecule has 2 aromatic carbocycles.